The maximum atomic E-state index is 12.1. The number of hydrogen-bond donors (Lipinski definition) is 2. The van der Waals surface area contributed by atoms with Crippen molar-refractivity contribution in [1.29, 1.82) is 0 Å². The number of hydrogen-bond acceptors (Lipinski definition) is 4. The van der Waals surface area contributed by atoms with Crippen molar-refractivity contribution in [1.82, 2.24) is 9.97 Å². The molecule has 1 aromatic heterocycles. The Balaban J connectivity index is 1.64. The Morgan fingerprint density at radius 3 is 2.67 bits per heavy atom. The molecule has 1 aliphatic rings. The van der Waals surface area contributed by atoms with Gasteiger partial charge in [-0.25, -0.2) is 14.8 Å². The first kappa shape index (κ1) is 16.5. The van der Waals surface area contributed by atoms with Crippen LogP contribution in [-0.2, 0) is 0 Å². The standard InChI is InChI=1S/C17H20ClN5O/c1-12-5-6-13(9-14(12)18)21-17(24)22-15-10-16(20-11-19-15)23-7-3-2-4-8-23/h5-6,9-11H,2-4,7-8H2,1H3,(H2,19,20,21,22,24). The van der Waals surface area contributed by atoms with Crippen molar-refractivity contribution in [2.75, 3.05) is 28.6 Å². The SMILES string of the molecule is Cc1ccc(NC(=O)Nc2cc(N3CCCCC3)ncn2)cc1Cl. The van der Waals surface area contributed by atoms with Gasteiger partial charge in [-0.3, -0.25) is 5.32 Å². The van der Waals surface area contributed by atoms with Crippen LogP contribution < -0.4 is 15.5 Å². The molecule has 0 bridgehead atoms. The summed E-state index contributed by atoms with van der Waals surface area (Å²) in [5.41, 5.74) is 1.60. The van der Waals surface area contributed by atoms with Crippen LogP contribution in [0.15, 0.2) is 30.6 Å². The number of anilines is 3. The van der Waals surface area contributed by atoms with Gasteiger partial charge in [-0.15, -0.1) is 0 Å². The number of nitrogens with one attached hydrogen (secondary N) is 2. The second-order valence-electron chi connectivity index (χ2n) is 5.85. The van der Waals surface area contributed by atoms with Gasteiger partial charge in [0.15, 0.2) is 0 Å². The van der Waals surface area contributed by atoms with E-state index in [9.17, 15) is 4.79 Å². The van der Waals surface area contributed by atoms with Crippen molar-refractivity contribution < 1.29 is 4.79 Å². The zero-order chi connectivity index (χ0) is 16.9. The third kappa shape index (κ3) is 4.14. The number of rotatable bonds is 3. The molecule has 7 heteroatoms. The molecule has 0 aliphatic carbocycles. The van der Waals surface area contributed by atoms with Gasteiger partial charge in [-0.2, -0.15) is 0 Å². The highest BCUT2D eigenvalue weighted by Gasteiger charge is 2.13. The van der Waals surface area contributed by atoms with Crippen molar-refractivity contribution >= 4 is 35.0 Å². The monoisotopic (exact) mass is 345 g/mol. The summed E-state index contributed by atoms with van der Waals surface area (Å²) >= 11 is 6.07. The summed E-state index contributed by atoms with van der Waals surface area (Å²) in [6.45, 7) is 3.89. The smallest absolute Gasteiger partial charge is 0.324 e. The van der Waals surface area contributed by atoms with Gasteiger partial charge in [0.1, 0.15) is 18.0 Å². The lowest BCUT2D eigenvalue weighted by atomic mass is 10.1. The Labute approximate surface area is 146 Å². The molecule has 3 rings (SSSR count). The normalized spacial score (nSPS) is 14.3. The lowest BCUT2D eigenvalue weighted by molar-refractivity contribution is 0.262. The molecule has 1 saturated heterocycles. The molecule has 0 radical (unpaired) electrons. The molecule has 2 aromatic rings. The number of aryl methyl sites for hydroxylation is 1. The number of urea groups is 1. The number of nitrogens with zero attached hydrogens (tertiary/aromatic N) is 3. The zero-order valence-corrected chi connectivity index (χ0v) is 14.3. The van der Waals surface area contributed by atoms with Crippen LogP contribution in [0.1, 0.15) is 24.8 Å². The Morgan fingerprint density at radius 2 is 1.92 bits per heavy atom. The number of carbonyl (C=O) groups is 1. The minimum atomic E-state index is -0.363. The first-order valence-corrected chi connectivity index (χ1v) is 8.41. The summed E-state index contributed by atoms with van der Waals surface area (Å²) in [6, 6.07) is 6.82. The molecule has 0 saturated carbocycles. The topological polar surface area (TPSA) is 70.2 Å². The number of benzene rings is 1. The number of amides is 2. The van der Waals surface area contributed by atoms with Gasteiger partial charge in [0, 0.05) is 29.9 Å². The van der Waals surface area contributed by atoms with Crippen LogP contribution in [0.25, 0.3) is 0 Å². The molecule has 2 heterocycles. The Kier molecular flexibility index (Phi) is 5.15. The predicted molar refractivity (Wildman–Crippen MR) is 96.9 cm³/mol. The van der Waals surface area contributed by atoms with Crippen molar-refractivity contribution in [3.05, 3.63) is 41.2 Å². The number of carbonyl (C=O) groups excluding carboxylic acids is 1. The van der Waals surface area contributed by atoms with E-state index in [1.54, 1.807) is 18.2 Å². The van der Waals surface area contributed by atoms with Crippen LogP contribution in [-0.4, -0.2) is 29.1 Å². The van der Waals surface area contributed by atoms with Crippen LogP contribution in [0.5, 0.6) is 0 Å². The van der Waals surface area contributed by atoms with Gasteiger partial charge in [0.25, 0.3) is 0 Å². The van der Waals surface area contributed by atoms with Crippen LogP contribution >= 0.6 is 11.6 Å². The Hall–Kier alpha value is -2.34. The third-order valence-electron chi connectivity index (χ3n) is 4.00. The molecular formula is C17H20ClN5O. The van der Waals surface area contributed by atoms with E-state index in [2.05, 4.69) is 25.5 Å². The maximum absolute atomic E-state index is 12.1. The van der Waals surface area contributed by atoms with E-state index in [0.717, 1.165) is 24.5 Å². The fraction of sp³-hybridized carbons (Fsp3) is 0.353. The number of piperidine rings is 1. The van der Waals surface area contributed by atoms with Crippen molar-refractivity contribution in [2.24, 2.45) is 0 Å². The summed E-state index contributed by atoms with van der Waals surface area (Å²) in [6.07, 6.45) is 5.07. The summed E-state index contributed by atoms with van der Waals surface area (Å²) in [5.74, 6) is 1.32. The molecule has 1 fully saturated rings. The highest BCUT2D eigenvalue weighted by atomic mass is 35.5. The molecule has 1 aromatic carbocycles. The average molecular weight is 346 g/mol. The van der Waals surface area contributed by atoms with Gasteiger partial charge in [0.2, 0.25) is 0 Å². The average Bonchev–Trinajstić information content (AvgIpc) is 2.59. The van der Waals surface area contributed by atoms with Gasteiger partial charge in [0.05, 0.1) is 0 Å². The minimum Gasteiger partial charge on any atom is -0.356 e. The van der Waals surface area contributed by atoms with Crippen molar-refractivity contribution in [3.63, 3.8) is 0 Å². The van der Waals surface area contributed by atoms with E-state index in [-0.39, 0.29) is 6.03 Å². The molecule has 0 atom stereocenters. The molecular weight excluding hydrogens is 326 g/mol. The summed E-state index contributed by atoms with van der Waals surface area (Å²) in [4.78, 5) is 22.8. The van der Waals surface area contributed by atoms with Crippen molar-refractivity contribution in [2.45, 2.75) is 26.2 Å². The van der Waals surface area contributed by atoms with Crippen LogP contribution in [0.3, 0.4) is 0 Å². The molecule has 2 N–H and O–H groups in total. The number of aromatic nitrogens is 2. The first-order valence-electron chi connectivity index (χ1n) is 8.03. The van der Waals surface area contributed by atoms with Crippen LogP contribution in [0, 0.1) is 6.92 Å². The second-order valence-corrected chi connectivity index (χ2v) is 6.26. The van der Waals surface area contributed by atoms with E-state index in [0.29, 0.717) is 16.5 Å². The quantitative estimate of drug-likeness (QED) is 0.879. The highest BCUT2D eigenvalue weighted by molar-refractivity contribution is 6.31. The van der Waals surface area contributed by atoms with E-state index >= 15 is 0 Å². The molecule has 24 heavy (non-hydrogen) atoms. The lowest BCUT2D eigenvalue weighted by Crippen LogP contribution is -2.30. The molecule has 1 aliphatic heterocycles. The fourth-order valence-electron chi connectivity index (χ4n) is 2.66. The molecule has 2 amide bonds. The van der Waals surface area contributed by atoms with E-state index < -0.39 is 0 Å². The van der Waals surface area contributed by atoms with Gasteiger partial charge >= 0.3 is 6.03 Å². The zero-order valence-electron chi connectivity index (χ0n) is 13.6. The summed E-state index contributed by atoms with van der Waals surface area (Å²) in [5, 5.41) is 6.10. The largest absolute Gasteiger partial charge is 0.356 e. The van der Waals surface area contributed by atoms with Crippen LogP contribution in [0.2, 0.25) is 5.02 Å². The lowest BCUT2D eigenvalue weighted by Gasteiger charge is -2.27. The second kappa shape index (κ2) is 7.49. The van der Waals surface area contributed by atoms with Crippen molar-refractivity contribution in [3.8, 4) is 0 Å². The Bertz CT molecular complexity index is 731. The van der Waals surface area contributed by atoms with Gasteiger partial charge < -0.3 is 10.2 Å². The van der Waals surface area contributed by atoms with E-state index in [1.165, 1.54) is 25.6 Å². The third-order valence-corrected chi connectivity index (χ3v) is 4.41. The van der Waals surface area contributed by atoms with Gasteiger partial charge in [-0.1, -0.05) is 17.7 Å². The van der Waals surface area contributed by atoms with Gasteiger partial charge in [-0.05, 0) is 43.9 Å². The highest BCUT2D eigenvalue weighted by Crippen LogP contribution is 2.21. The number of halogens is 1. The van der Waals surface area contributed by atoms with E-state index in [1.807, 2.05) is 13.0 Å². The summed E-state index contributed by atoms with van der Waals surface area (Å²) < 4.78 is 0. The molecule has 6 nitrogen and oxygen atoms in total. The fourth-order valence-corrected chi connectivity index (χ4v) is 2.84. The predicted octanol–water partition coefficient (Wildman–Crippen LogP) is 4.07. The molecule has 0 spiro atoms. The maximum Gasteiger partial charge on any atom is 0.324 e. The minimum absolute atomic E-state index is 0.363. The Morgan fingerprint density at radius 1 is 1.12 bits per heavy atom. The molecule has 0 unspecified atom stereocenters. The molecule has 126 valence electrons. The van der Waals surface area contributed by atoms with Crippen LogP contribution in [0.4, 0.5) is 22.1 Å². The summed E-state index contributed by atoms with van der Waals surface area (Å²) in [7, 11) is 0. The van der Waals surface area contributed by atoms with E-state index in [4.69, 9.17) is 11.6 Å². The first-order chi connectivity index (χ1) is 11.6.